The van der Waals surface area contributed by atoms with Crippen LogP contribution >= 0.6 is 15.9 Å². The third-order valence-corrected chi connectivity index (χ3v) is 5.29. The summed E-state index contributed by atoms with van der Waals surface area (Å²) >= 11 is 3.42. The van der Waals surface area contributed by atoms with Crippen LogP contribution in [-0.4, -0.2) is 35.4 Å². The molecule has 2 aromatic carbocycles. The summed E-state index contributed by atoms with van der Waals surface area (Å²) in [7, 11) is 0. The third kappa shape index (κ3) is 6.87. The predicted molar refractivity (Wildman–Crippen MR) is 123 cm³/mol. The summed E-state index contributed by atoms with van der Waals surface area (Å²) < 4.78 is 6.84. The molecule has 162 valence electrons. The molecule has 2 amide bonds. The van der Waals surface area contributed by atoms with E-state index in [1.54, 1.807) is 11.8 Å². The van der Waals surface area contributed by atoms with E-state index in [0.717, 1.165) is 15.6 Å². The molecule has 1 atom stereocenters. The van der Waals surface area contributed by atoms with Gasteiger partial charge in [-0.15, -0.1) is 0 Å². The summed E-state index contributed by atoms with van der Waals surface area (Å²) in [4.78, 5) is 27.3. The number of nitrogens with zero attached hydrogens (tertiary/aromatic N) is 1. The molecule has 0 heterocycles. The van der Waals surface area contributed by atoms with Crippen LogP contribution in [0.5, 0.6) is 5.75 Å². The summed E-state index contributed by atoms with van der Waals surface area (Å²) in [6, 6.07) is 14.8. The molecule has 1 N–H and O–H groups in total. The van der Waals surface area contributed by atoms with Crippen molar-refractivity contribution in [3.63, 3.8) is 0 Å². The minimum absolute atomic E-state index is 0.00116. The molecule has 0 spiro atoms. The SMILES string of the molecule is CC(C)NC(=O)C(C)N(Cc1ccc(Br)cc1)C(=O)COc1ccccc1C(C)C. The lowest BCUT2D eigenvalue weighted by molar-refractivity contribution is -0.142. The fourth-order valence-corrected chi connectivity index (χ4v) is 3.35. The van der Waals surface area contributed by atoms with E-state index in [1.807, 2.05) is 62.4 Å². The highest BCUT2D eigenvalue weighted by molar-refractivity contribution is 9.10. The molecule has 5 nitrogen and oxygen atoms in total. The summed E-state index contributed by atoms with van der Waals surface area (Å²) in [5.74, 6) is 0.565. The number of hydrogen-bond donors (Lipinski definition) is 1. The van der Waals surface area contributed by atoms with E-state index in [-0.39, 0.29) is 30.4 Å². The van der Waals surface area contributed by atoms with Gasteiger partial charge in [-0.1, -0.05) is 60.1 Å². The molecular formula is C24H31BrN2O3. The molecule has 1 unspecified atom stereocenters. The Morgan fingerprint density at radius 2 is 1.63 bits per heavy atom. The number of carbonyl (C=O) groups is 2. The van der Waals surface area contributed by atoms with Crippen molar-refractivity contribution in [2.45, 2.75) is 59.2 Å². The van der Waals surface area contributed by atoms with Gasteiger partial charge in [0.15, 0.2) is 6.61 Å². The highest BCUT2D eigenvalue weighted by Gasteiger charge is 2.27. The van der Waals surface area contributed by atoms with Gasteiger partial charge in [0.1, 0.15) is 11.8 Å². The lowest BCUT2D eigenvalue weighted by Crippen LogP contribution is -2.50. The number of rotatable bonds is 9. The molecular weight excluding hydrogens is 444 g/mol. The Balaban J connectivity index is 2.19. The minimum Gasteiger partial charge on any atom is -0.483 e. The minimum atomic E-state index is -0.618. The Morgan fingerprint density at radius 1 is 1.00 bits per heavy atom. The molecule has 0 aliphatic rings. The number of halogens is 1. The zero-order chi connectivity index (χ0) is 22.3. The van der Waals surface area contributed by atoms with Crippen molar-refractivity contribution in [1.82, 2.24) is 10.2 Å². The van der Waals surface area contributed by atoms with Crippen LogP contribution in [0.2, 0.25) is 0 Å². The van der Waals surface area contributed by atoms with E-state index in [2.05, 4.69) is 35.1 Å². The summed E-state index contributed by atoms with van der Waals surface area (Å²) in [5.41, 5.74) is 1.99. The van der Waals surface area contributed by atoms with Gasteiger partial charge in [-0.2, -0.15) is 0 Å². The number of nitrogens with one attached hydrogen (secondary N) is 1. The highest BCUT2D eigenvalue weighted by atomic mass is 79.9. The molecule has 6 heteroatoms. The molecule has 30 heavy (non-hydrogen) atoms. The summed E-state index contributed by atoms with van der Waals surface area (Å²) in [6.07, 6.45) is 0. The van der Waals surface area contributed by atoms with Crippen LogP contribution in [0.4, 0.5) is 0 Å². The standard InChI is InChI=1S/C24H31BrN2O3/c1-16(2)21-8-6-7-9-22(21)30-15-23(28)27(18(5)24(29)26-17(3)4)14-19-10-12-20(25)13-11-19/h6-13,16-18H,14-15H2,1-5H3,(H,26,29). The normalized spacial score (nSPS) is 12.0. The summed E-state index contributed by atoms with van der Waals surface area (Å²) in [5, 5.41) is 2.89. The van der Waals surface area contributed by atoms with Crippen molar-refractivity contribution in [3.8, 4) is 5.75 Å². The maximum Gasteiger partial charge on any atom is 0.261 e. The predicted octanol–water partition coefficient (Wildman–Crippen LogP) is 4.89. The first-order chi connectivity index (χ1) is 14.2. The van der Waals surface area contributed by atoms with Gasteiger partial charge in [0.25, 0.3) is 5.91 Å². The van der Waals surface area contributed by atoms with Gasteiger partial charge in [-0.3, -0.25) is 9.59 Å². The Morgan fingerprint density at radius 3 is 2.23 bits per heavy atom. The second-order valence-electron chi connectivity index (χ2n) is 7.97. The van der Waals surface area contributed by atoms with Gasteiger partial charge >= 0.3 is 0 Å². The van der Waals surface area contributed by atoms with E-state index in [9.17, 15) is 9.59 Å². The van der Waals surface area contributed by atoms with Crippen LogP contribution in [0.15, 0.2) is 53.0 Å². The highest BCUT2D eigenvalue weighted by Crippen LogP contribution is 2.26. The Bertz CT molecular complexity index is 850. The van der Waals surface area contributed by atoms with Gasteiger partial charge in [0.05, 0.1) is 0 Å². The Hall–Kier alpha value is -2.34. The average Bonchev–Trinajstić information content (AvgIpc) is 2.70. The molecule has 0 saturated heterocycles. The van der Waals surface area contributed by atoms with Crippen molar-refractivity contribution in [1.29, 1.82) is 0 Å². The lowest BCUT2D eigenvalue weighted by Gasteiger charge is -2.29. The Kier molecular flexibility index (Phi) is 8.90. The van der Waals surface area contributed by atoms with E-state index < -0.39 is 6.04 Å². The second-order valence-corrected chi connectivity index (χ2v) is 8.88. The van der Waals surface area contributed by atoms with Gasteiger partial charge in [0.2, 0.25) is 5.91 Å². The molecule has 0 aromatic heterocycles. The van der Waals surface area contributed by atoms with E-state index in [1.165, 1.54) is 0 Å². The fraction of sp³-hybridized carbons (Fsp3) is 0.417. The van der Waals surface area contributed by atoms with Crippen molar-refractivity contribution in [2.24, 2.45) is 0 Å². The molecule has 2 rings (SSSR count). The van der Waals surface area contributed by atoms with Gasteiger partial charge in [-0.25, -0.2) is 0 Å². The number of carbonyl (C=O) groups excluding carboxylic acids is 2. The van der Waals surface area contributed by atoms with Crippen LogP contribution < -0.4 is 10.1 Å². The maximum absolute atomic E-state index is 13.1. The number of hydrogen-bond acceptors (Lipinski definition) is 3. The van der Waals surface area contributed by atoms with Crippen molar-refractivity contribution in [2.75, 3.05) is 6.61 Å². The molecule has 0 fully saturated rings. The first kappa shape index (κ1) is 23.9. The van der Waals surface area contributed by atoms with Crippen LogP contribution in [0.1, 0.15) is 51.7 Å². The molecule has 0 radical (unpaired) electrons. The Labute approximate surface area is 187 Å². The van der Waals surface area contributed by atoms with E-state index >= 15 is 0 Å². The topological polar surface area (TPSA) is 58.6 Å². The van der Waals surface area contributed by atoms with Crippen molar-refractivity contribution in [3.05, 3.63) is 64.1 Å². The largest absolute Gasteiger partial charge is 0.483 e. The van der Waals surface area contributed by atoms with Crippen molar-refractivity contribution < 1.29 is 14.3 Å². The molecule has 2 aromatic rings. The monoisotopic (exact) mass is 474 g/mol. The van der Waals surface area contributed by atoms with Gasteiger partial charge in [-0.05, 0) is 56.0 Å². The number of ether oxygens (including phenoxy) is 1. The smallest absolute Gasteiger partial charge is 0.261 e. The average molecular weight is 475 g/mol. The molecule has 0 aliphatic heterocycles. The van der Waals surface area contributed by atoms with Crippen LogP contribution in [-0.2, 0) is 16.1 Å². The number of amides is 2. The molecule has 0 bridgehead atoms. The second kappa shape index (κ2) is 11.2. The quantitative estimate of drug-likeness (QED) is 0.562. The van der Waals surface area contributed by atoms with Crippen molar-refractivity contribution >= 4 is 27.7 Å². The molecule has 0 aliphatic carbocycles. The first-order valence-electron chi connectivity index (χ1n) is 10.2. The first-order valence-corrected chi connectivity index (χ1v) is 11.0. The van der Waals surface area contributed by atoms with Crippen LogP contribution in [0.3, 0.4) is 0 Å². The van der Waals surface area contributed by atoms with Gasteiger partial charge < -0.3 is 15.0 Å². The number of para-hydroxylation sites is 1. The summed E-state index contributed by atoms with van der Waals surface area (Å²) in [6.45, 7) is 9.92. The number of benzene rings is 2. The third-order valence-electron chi connectivity index (χ3n) is 4.76. The van der Waals surface area contributed by atoms with E-state index in [0.29, 0.717) is 12.3 Å². The zero-order valence-electron chi connectivity index (χ0n) is 18.3. The fourth-order valence-electron chi connectivity index (χ4n) is 3.09. The van der Waals surface area contributed by atoms with Gasteiger partial charge in [0, 0.05) is 17.1 Å². The zero-order valence-corrected chi connectivity index (χ0v) is 19.9. The van der Waals surface area contributed by atoms with Crippen LogP contribution in [0, 0.1) is 0 Å². The molecule has 0 saturated carbocycles. The maximum atomic E-state index is 13.1. The lowest BCUT2D eigenvalue weighted by atomic mass is 10.0. The van der Waals surface area contributed by atoms with Crippen LogP contribution in [0.25, 0.3) is 0 Å². The van der Waals surface area contributed by atoms with E-state index in [4.69, 9.17) is 4.74 Å².